The first-order valence-electron chi connectivity index (χ1n) is 2.75. The molecule has 0 aliphatic rings. The number of thiazole rings is 1. The van der Waals surface area contributed by atoms with Crippen molar-refractivity contribution in [3.63, 3.8) is 0 Å². The van der Waals surface area contributed by atoms with Crippen LogP contribution >= 0.6 is 11.3 Å². The van der Waals surface area contributed by atoms with Crippen LogP contribution in [0.2, 0.25) is 0 Å². The Morgan fingerprint density at radius 1 is 0.929 bits per heavy atom. The van der Waals surface area contributed by atoms with Crippen molar-refractivity contribution in [2.24, 2.45) is 0 Å². The van der Waals surface area contributed by atoms with Gasteiger partial charge in [0.1, 0.15) is 0 Å². The van der Waals surface area contributed by atoms with Crippen molar-refractivity contribution in [3.05, 3.63) is 29.8 Å². The summed E-state index contributed by atoms with van der Waals surface area (Å²) in [6.45, 7) is 0. The molecule has 0 radical (unpaired) electrons. The summed E-state index contributed by atoms with van der Waals surface area (Å²) in [6, 6.07) is 8.13. The van der Waals surface area contributed by atoms with Crippen LogP contribution in [0.4, 0.5) is 0 Å². The summed E-state index contributed by atoms with van der Waals surface area (Å²) in [5.74, 6) is 0. The molecule has 1 nitrogen and oxygen atoms in total. The SMILES string of the molecule is [Au+3].[Cl-].[Cl-].[Cl-].[Cl-].c1ccc2scnc2c1. The molecule has 0 saturated carbocycles. The largest absolute Gasteiger partial charge is 3.00 e. The van der Waals surface area contributed by atoms with Gasteiger partial charge in [-0.05, 0) is 12.1 Å². The van der Waals surface area contributed by atoms with Crippen molar-refractivity contribution < 1.29 is 72.0 Å². The molecule has 0 N–H and O–H groups in total. The average molecular weight is 474 g/mol. The molecule has 0 aliphatic heterocycles. The number of rotatable bonds is 0. The number of fused-ring (bicyclic) bond motifs is 1. The minimum atomic E-state index is 0. The number of nitrogens with zero attached hydrogens (tertiary/aromatic N) is 1. The molecule has 14 heavy (non-hydrogen) atoms. The fraction of sp³-hybridized carbons (Fsp3) is 0. The zero-order chi connectivity index (χ0) is 6.10. The van der Waals surface area contributed by atoms with E-state index in [9.17, 15) is 0 Å². The van der Waals surface area contributed by atoms with E-state index in [-0.39, 0.29) is 72.0 Å². The van der Waals surface area contributed by atoms with E-state index in [2.05, 4.69) is 11.1 Å². The molecule has 2 rings (SSSR count). The summed E-state index contributed by atoms with van der Waals surface area (Å²) in [5, 5.41) is 0. The molecule has 7 heteroatoms. The summed E-state index contributed by atoms with van der Waals surface area (Å²) in [5.41, 5.74) is 2.97. The van der Waals surface area contributed by atoms with Crippen LogP contribution in [-0.2, 0) is 22.4 Å². The number of benzene rings is 1. The van der Waals surface area contributed by atoms with Gasteiger partial charge in [-0.15, -0.1) is 11.3 Å². The van der Waals surface area contributed by atoms with Crippen LogP contribution in [-0.4, -0.2) is 4.98 Å². The van der Waals surface area contributed by atoms with Crippen LogP contribution in [0.5, 0.6) is 0 Å². The van der Waals surface area contributed by atoms with Crippen LogP contribution in [0.1, 0.15) is 0 Å². The maximum Gasteiger partial charge on any atom is 3.00 e. The molecule has 2 aromatic rings. The monoisotopic (exact) mass is 472 g/mol. The molecule has 1 aromatic carbocycles. The first kappa shape index (κ1) is 24.3. The predicted octanol–water partition coefficient (Wildman–Crippen LogP) is -9.69. The number of para-hydroxylation sites is 1. The van der Waals surface area contributed by atoms with E-state index in [4.69, 9.17) is 0 Å². The third-order valence-electron chi connectivity index (χ3n) is 1.24. The molecule has 0 fully saturated rings. The summed E-state index contributed by atoms with van der Waals surface area (Å²) < 4.78 is 1.26. The first-order chi connectivity index (χ1) is 4.47. The van der Waals surface area contributed by atoms with Gasteiger partial charge in [0.2, 0.25) is 0 Å². The Kier molecular flexibility index (Phi) is 21.0. The molecule has 1 aromatic heterocycles. The van der Waals surface area contributed by atoms with E-state index in [1.54, 1.807) is 11.3 Å². The Hall–Kier alpha value is 1.01. The van der Waals surface area contributed by atoms with Gasteiger partial charge in [0, 0.05) is 0 Å². The fourth-order valence-corrected chi connectivity index (χ4v) is 1.48. The molecule has 0 aliphatic carbocycles. The predicted molar refractivity (Wildman–Crippen MR) is 39.6 cm³/mol. The number of hydrogen-bond acceptors (Lipinski definition) is 2. The van der Waals surface area contributed by atoms with Gasteiger partial charge in [-0.25, -0.2) is 4.98 Å². The van der Waals surface area contributed by atoms with Gasteiger partial charge < -0.3 is 49.6 Å². The maximum absolute atomic E-state index is 4.14. The third-order valence-corrected chi connectivity index (χ3v) is 2.05. The van der Waals surface area contributed by atoms with Gasteiger partial charge in [0.15, 0.2) is 0 Å². The molecule has 0 atom stereocenters. The van der Waals surface area contributed by atoms with Crippen LogP contribution < -0.4 is 49.6 Å². The summed E-state index contributed by atoms with van der Waals surface area (Å²) in [6.07, 6.45) is 0. The van der Waals surface area contributed by atoms with Crippen molar-refractivity contribution in [1.82, 2.24) is 4.98 Å². The molecule has 1 heterocycles. The summed E-state index contributed by atoms with van der Waals surface area (Å²) in [4.78, 5) is 4.14. The normalized spacial score (nSPS) is 6.57. The van der Waals surface area contributed by atoms with Crippen LogP contribution in [0.15, 0.2) is 29.8 Å². The van der Waals surface area contributed by atoms with E-state index in [1.165, 1.54) is 4.70 Å². The Balaban J connectivity index is -0.0000001000. The van der Waals surface area contributed by atoms with Gasteiger partial charge >= 0.3 is 22.4 Å². The second kappa shape index (κ2) is 12.1. The van der Waals surface area contributed by atoms with Crippen molar-refractivity contribution >= 4 is 21.6 Å². The molecular formula is C7H5AuCl4NS-. The van der Waals surface area contributed by atoms with Gasteiger partial charge in [-0.1, -0.05) is 12.1 Å². The topological polar surface area (TPSA) is 12.9 Å². The van der Waals surface area contributed by atoms with Gasteiger partial charge in [-0.2, -0.15) is 0 Å². The van der Waals surface area contributed by atoms with E-state index in [0.29, 0.717) is 0 Å². The smallest absolute Gasteiger partial charge is 1.00 e. The Morgan fingerprint density at radius 2 is 1.50 bits per heavy atom. The summed E-state index contributed by atoms with van der Waals surface area (Å²) >= 11 is 1.68. The Morgan fingerprint density at radius 3 is 2.07 bits per heavy atom. The molecule has 0 unspecified atom stereocenters. The average Bonchev–Trinajstić information content (AvgIpc) is 2.33. The maximum atomic E-state index is 4.14. The molecule has 0 spiro atoms. The van der Waals surface area contributed by atoms with Gasteiger partial charge in [0.05, 0.1) is 15.7 Å². The standard InChI is InChI=1S/C7H5NS.Au.4ClH/c1-2-4-7-6(3-1)8-5-9-7;;;;;/h1-5H;;4*1H/q;+3;;;;/p-4. The van der Waals surface area contributed by atoms with E-state index >= 15 is 0 Å². The van der Waals surface area contributed by atoms with Gasteiger partial charge in [-0.3, -0.25) is 0 Å². The quantitative estimate of drug-likeness (QED) is 0.346. The molecular weight excluding hydrogens is 469 g/mol. The second-order valence-electron chi connectivity index (χ2n) is 1.82. The fourth-order valence-electron chi connectivity index (χ4n) is 0.803. The summed E-state index contributed by atoms with van der Waals surface area (Å²) in [7, 11) is 0. The number of aromatic nitrogens is 1. The molecule has 0 amide bonds. The minimum absolute atomic E-state index is 0. The third kappa shape index (κ3) is 5.79. The van der Waals surface area contributed by atoms with E-state index in [0.717, 1.165) is 5.52 Å². The zero-order valence-electron chi connectivity index (χ0n) is 6.56. The van der Waals surface area contributed by atoms with E-state index < -0.39 is 0 Å². The molecule has 84 valence electrons. The second-order valence-corrected chi connectivity index (χ2v) is 2.71. The number of halogens is 4. The van der Waals surface area contributed by atoms with Gasteiger partial charge in [0.25, 0.3) is 0 Å². The number of hydrogen-bond donors (Lipinski definition) is 0. The van der Waals surface area contributed by atoms with Crippen molar-refractivity contribution in [1.29, 1.82) is 0 Å². The molecule has 0 bridgehead atoms. The molecule has 0 saturated heterocycles. The van der Waals surface area contributed by atoms with Crippen molar-refractivity contribution in [2.45, 2.75) is 0 Å². The first-order valence-corrected chi connectivity index (χ1v) is 3.63. The zero-order valence-corrected chi connectivity index (χ0v) is 12.6. The van der Waals surface area contributed by atoms with Crippen molar-refractivity contribution in [3.8, 4) is 0 Å². The van der Waals surface area contributed by atoms with Crippen LogP contribution in [0.3, 0.4) is 0 Å². The van der Waals surface area contributed by atoms with E-state index in [1.807, 2.05) is 23.7 Å². The Bertz CT molecular complexity index is 300. The van der Waals surface area contributed by atoms with Crippen LogP contribution in [0, 0.1) is 0 Å². The van der Waals surface area contributed by atoms with Crippen molar-refractivity contribution in [2.75, 3.05) is 0 Å². The van der Waals surface area contributed by atoms with Crippen LogP contribution in [0.25, 0.3) is 10.2 Å². The minimum Gasteiger partial charge on any atom is -1.00 e. The Labute approximate surface area is 127 Å².